The number of rotatable bonds is 6. The van der Waals surface area contributed by atoms with Gasteiger partial charge in [-0.25, -0.2) is 9.67 Å². The summed E-state index contributed by atoms with van der Waals surface area (Å²) in [5, 5.41) is 8.63. The second-order valence-electron chi connectivity index (χ2n) is 4.69. The maximum atomic E-state index is 11.9. The molecular formula is C15H13ClN4O2S. The molecule has 6 nitrogen and oxygen atoms in total. The van der Waals surface area contributed by atoms with E-state index in [-0.39, 0.29) is 12.5 Å². The number of nitrogens with zero attached hydrogens (tertiary/aromatic N) is 3. The van der Waals surface area contributed by atoms with Gasteiger partial charge in [0.2, 0.25) is 0 Å². The van der Waals surface area contributed by atoms with E-state index in [0.29, 0.717) is 22.3 Å². The first kappa shape index (κ1) is 15.5. The van der Waals surface area contributed by atoms with Crippen molar-refractivity contribution in [2.45, 2.75) is 6.54 Å². The Labute approximate surface area is 141 Å². The van der Waals surface area contributed by atoms with Gasteiger partial charge in [-0.3, -0.25) is 4.79 Å². The summed E-state index contributed by atoms with van der Waals surface area (Å²) in [6, 6.07) is 9.25. The third-order valence-corrected chi connectivity index (χ3v) is 4.13. The van der Waals surface area contributed by atoms with Crippen LogP contribution in [0.2, 0.25) is 4.34 Å². The van der Waals surface area contributed by atoms with Crippen LogP contribution in [0.5, 0.6) is 5.75 Å². The highest BCUT2D eigenvalue weighted by molar-refractivity contribution is 7.14. The Morgan fingerprint density at radius 2 is 2.13 bits per heavy atom. The Bertz CT molecular complexity index is 771. The van der Waals surface area contributed by atoms with E-state index in [1.54, 1.807) is 17.1 Å². The van der Waals surface area contributed by atoms with Crippen LogP contribution in [-0.4, -0.2) is 27.3 Å². The molecule has 0 atom stereocenters. The number of hydrogen-bond donors (Lipinski definition) is 1. The Morgan fingerprint density at radius 1 is 1.30 bits per heavy atom. The molecule has 1 aromatic carbocycles. The van der Waals surface area contributed by atoms with Gasteiger partial charge in [-0.1, -0.05) is 23.7 Å². The Morgan fingerprint density at radius 3 is 2.78 bits per heavy atom. The lowest BCUT2D eigenvalue weighted by Crippen LogP contribution is -2.20. The number of nitrogens with one attached hydrogen (secondary N) is 1. The van der Waals surface area contributed by atoms with Crippen LogP contribution in [0.3, 0.4) is 0 Å². The number of halogens is 1. The number of benzene rings is 1. The minimum atomic E-state index is -0.240. The van der Waals surface area contributed by atoms with Crippen molar-refractivity contribution in [2.75, 3.05) is 11.9 Å². The fraction of sp³-hybridized carbons (Fsp3) is 0.133. The lowest BCUT2D eigenvalue weighted by Gasteiger charge is -2.08. The molecule has 8 heteroatoms. The average Bonchev–Trinajstić information content (AvgIpc) is 3.19. The highest BCUT2D eigenvalue weighted by Gasteiger charge is 2.07. The normalized spacial score (nSPS) is 10.5. The van der Waals surface area contributed by atoms with Crippen LogP contribution in [0.4, 0.5) is 5.69 Å². The SMILES string of the molecule is O=C(COc1ccsc1Cl)Nc1ccc(Cn2cncn2)cc1. The molecule has 3 rings (SSSR count). The molecule has 0 saturated carbocycles. The van der Waals surface area contributed by atoms with Gasteiger partial charge in [-0.2, -0.15) is 5.10 Å². The molecule has 0 spiro atoms. The summed E-state index contributed by atoms with van der Waals surface area (Å²) in [7, 11) is 0. The zero-order chi connectivity index (χ0) is 16.1. The highest BCUT2D eigenvalue weighted by Crippen LogP contribution is 2.29. The van der Waals surface area contributed by atoms with Gasteiger partial charge in [-0.05, 0) is 29.1 Å². The maximum Gasteiger partial charge on any atom is 0.262 e. The summed E-state index contributed by atoms with van der Waals surface area (Å²) in [6.07, 6.45) is 3.15. The minimum absolute atomic E-state index is 0.0861. The van der Waals surface area contributed by atoms with Crippen LogP contribution >= 0.6 is 22.9 Å². The van der Waals surface area contributed by atoms with E-state index < -0.39 is 0 Å². The van der Waals surface area contributed by atoms with Crippen molar-refractivity contribution in [1.29, 1.82) is 0 Å². The van der Waals surface area contributed by atoms with Gasteiger partial charge >= 0.3 is 0 Å². The van der Waals surface area contributed by atoms with Crippen LogP contribution in [0.25, 0.3) is 0 Å². The summed E-state index contributed by atoms with van der Waals surface area (Å²) < 4.78 is 7.62. The molecule has 1 N–H and O–H groups in total. The summed E-state index contributed by atoms with van der Waals surface area (Å²) in [5.74, 6) is 0.284. The third kappa shape index (κ3) is 4.30. The number of hydrogen-bond acceptors (Lipinski definition) is 5. The van der Waals surface area contributed by atoms with Crippen molar-refractivity contribution in [2.24, 2.45) is 0 Å². The number of aromatic nitrogens is 3. The fourth-order valence-corrected chi connectivity index (χ4v) is 2.75. The van der Waals surface area contributed by atoms with Crippen LogP contribution in [0, 0.1) is 0 Å². The van der Waals surface area contributed by atoms with E-state index >= 15 is 0 Å². The molecule has 0 aliphatic rings. The first-order valence-corrected chi connectivity index (χ1v) is 8.03. The number of carbonyl (C=O) groups is 1. The van der Waals surface area contributed by atoms with E-state index in [1.165, 1.54) is 17.7 Å². The van der Waals surface area contributed by atoms with Gasteiger partial charge in [0.25, 0.3) is 5.91 Å². The van der Waals surface area contributed by atoms with Gasteiger partial charge in [0, 0.05) is 5.69 Å². The van der Waals surface area contributed by atoms with Crippen LogP contribution < -0.4 is 10.1 Å². The fourth-order valence-electron chi connectivity index (χ4n) is 1.92. The van der Waals surface area contributed by atoms with E-state index in [9.17, 15) is 4.79 Å². The van der Waals surface area contributed by atoms with E-state index in [1.807, 2.05) is 29.6 Å². The van der Waals surface area contributed by atoms with E-state index in [0.717, 1.165) is 5.56 Å². The second kappa shape index (κ2) is 7.26. The van der Waals surface area contributed by atoms with Gasteiger partial charge in [0.1, 0.15) is 22.7 Å². The molecule has 0 bridgehead atoms. The summed E-state index contributed by atoms with van der Waals surface area (Å²) in [6.45, 7) is 0.547. The molecule has 118 valence electrons. The number of amides is 1. The molecule has 0 saturated heterocycles. The monoisotopic (exact) mass is 348 g/mol. The first-order chi connectivity index (χ1) is 11.2. The van der Waals surface area contributed by atoms with Crippen LogP contribution in [0.15, 0.2) is 48.4 Å². The Kier molecular flexibility index (Phi) is 4.89. The smallest absolute Gasteiger partial charge is 0.262 e. The Hall–Kier alpha value is -2.38. The van der Waals surface area contributed by atoms with Crippen molar-refractivity contribution >= 4 is 34.5 Å². The molecule has 0 unspecified atom stereocenters. The topological polar surface area (TPSA) is 69.0 Å². The zero-order valence-electron chi connectivity index (χ0n) is 12.0. The highest BCUT2D eigenvalue weighted by atomic mass is 35.5. The Balaban J connectivity index is 1.51. The second-order valence-corrected chi connectivity index (χ2v) is 6.20. The molecule has 2 aromatic heterocycles. The molecule has 0 radical (unpaired) electrons. The summed E-state index contributed by atoms with van der Waals surface area (Å²) in [5.41, 5.74) is 1.77. The lowest BCUT2D eigenvalue weighted by atomic mass is 10.2. The van der Waals surface area contributed by atoms with Crippen LogP contribution in [0.1, 0.15) is 5.56 Å². The predicted octanol–water partition coefficient (Wildman–Crippen LogP) is 3.06. The standard InChI is InChI=1S/C15H13ClN4O2S/c16-15-13(5-6-23-15)22-8-14(21)19-12-3-1-11(2-4-12)7-20-10-17-9-18-20/h1-6,9-10H,7-8H2,(H,19,21). The van der Waals surface area contributed by atoms with Crippen molar-refractivity contribution in [3.05, 3.63) is 58.3 Å². The molecule has 0 aliphatic carbocycles. The molecule has 23 heavy (non-hydrogen) atoms. The predicted molar refractivity (Wildman–Crippen MR) is 89.0 cm³/mol. The molecule has 0 aliphatic heterocycles. The third-order valence-electron chi connectivity index (χ3n) is 2.99. The van der Waals surface area contributed by atoms with E-state index in [4.69, 9.17) is 16.3 Å². The lowest BCUT2D eigenvalue weighted by molar-refractivity contribution is -0.118. The van der Waals surface area contributed by atoms with Crippen molar-refractivity contribution in [1.82, 2.24) is 14.8 Å². The number of carbonyl (C=O) groups excluding carboxylic acids is 1. The number of anilines is 1. The largest absolute Gasteiger partial charge is 0.481 e. The number of ether oxygens (including phenoxy) is 1. The van der Waals surface area contributed by atoms with Crippen molar-refractivity contribution < 1.29 is 9.53 Å². The average molecular weight is 349 g/mol. The zero-order valence-corrected chi connectivity index (χ0v) is 13.5. The molecule has 2 heterocycles. The van der Waals surface area contributed by atoms with Crippen molar-refractivity contribution in [3.8, 4) is 5.75 Å². The van der Waals surface area contributed by atoms with E-state index in [2.05, 4.69) is 15.4 Å². The molecule has 0 fully saturated rings. The van der Waals surface area contributed by atoms with Gasteiger partial charge in [0.05, 0.1) is 6.54 Å². The first-order valence-electron chi connectivity index (χ1n) is 6.78. The van der Waals surface area contributed by atoms with Gasteiger partial charge < -0.3 is 10.1 Å². The van der Waals surface area contributed by atoms with Crippen molar-refractivity contribution in [3.63, 3.8) is 0 Å². The van der Waals surface area contributed by atoms with Gasteiger partial charge in [-0.15, -0.1) is 11.3 Å². The van der Waals surface area contributed by atoms with Gasteiger partial charge in [0.15, 0.2) is 6.61 Å². The number of thiophene rings is 1. The molecule has 3 aromatic rings. The quantitative estimate of drug-likeness (QED) is 0.743. The minimum Gasteiger partial charge on any atom is -0.481 e. The maximum absolute atomic E-state index is 11.9. The summed E-state index contributed by atoms with van der Waals surface area (Å²) >= 11 is 7.27. The summed E-state index contributed by atoms with van der Waals surface area (Å²) in [4.78, 5) is 15.8. The molecule has 1 amide bonds. The van der Waals surface area contributed by atoms with Crippen LogP contribution in [-0.2, 0) is 11.3 Å². The molecular weight excluding hydrogens is 336 g/mol.